The maximum absolute atomic E-state index is 12.1. The Hall–Kier alpha value is -1.42. The first-order valence-electron chi connectivity index (χ1n) is 6.60. The number of rotatable bonds is 4. The van der Waals surface area contributed by atoms with Crippen molar-refractivity contribution in [2.45, 2.75) is 32.7 Å². The topological polar surface area (TPSA) is 68.0 Å². The van der Waals surface area contributed by atoms with E-state index in [1.54, 1.807) is 6.20 Å². The normalized spacial score (nSPS) is 23.0. The molecule has 1 aromatic rings. The largest absolute Gasteiger partial charge is 0.350 e. The molecule has 0 unspecified atom stereocenters. The Bertz CT molecular complexity index is 419. The van der Waals surface area contributed by atoms with Crippen LogP contribution in [0.3, 0.4) is 0 Å². The molecule has 1 aliphatic carbocycles. The molecule has 0 spiro atoms. The number of nitrogens with two attached hydrogens (primary N) is 1. The average Bonchev–Trinajstić information content (AvgIpc) is 2.86. The highest BCUT2D eigenvalue weighted by Crippen LogP contribution is 2.30. The number of carbonyl (C=O) groups is 1. The predicted octanol–water partition coefficient (Wildman–Crippen LogP) is 1.38. The zero-order valence-corrected chi connectivity index (χ0v) is 10.9. The molecule has 3 N–H and O–H groups in total. The zero-order valence-electron chi connectivity index (χ0n) is 10.9. The third-order valence-electron chi connectivity index (χ3n) is 3.85. The van der Waals surface area contributed by atoms with Gasteiger partial charge < -0.3 is 11.1 Å². The zero-order chi connectivity index (χ0) is 13.0. The Morgan fingerprint density at radius 1 is 1.56 bits per heavy atom. The maximum Gasteiger partial charge on any atom is 0.223 e. The van der Waals surface area contributed by atoms with Crippen LogP contribution < -0.4 is 11.1 Å². The third-order valence-corrected chi connectivity index (χ3v) is 3.85. The van der Waals surface area contributed by atoms with Gasteiger partial charge in [0, 0.05) is 12.1 Å². The van der Waals surface area contributed by atoms with E-state index in [0.29, 0.717) is 19.0 Å². The van der Waals surface area contributed by atoms with Crippen LogP contribution >= 0.6 is 0 Å². The Morgan fingerprint density at radius 3 is 3.11 bits per heavy atom. The van der Waals surface area contributed by atoms with Crippen molar-refractivity contribution in [1.82, 2.24) is 10.3 Å². The van der Waals surface area contributed by atoms with Crippen molar-refractivity contribution in [3.63, 3.8) is 0 Å². The van der Waals surface area contributed by atoms with Gasteiger partial charge in [-0.1, -0.05) is 12.5 Å². The van der Waals surface area contributed by atoms with Crippen LogP contribution in [0, 0.1) is 18.8 Å². The van der Waals surface area contributed by atoms with Crippen molar-refractivity contribution in [3.8, 4) is 0 Å². The minimum atomic E-state index is 0.0963. The number of aryl methyl sites for hydroxylation is 1. The van der Waals surface area contributed by atoms with E-state index in [9.17, 15) is 4.79 Å². The molecule has 1 amide bonds. The van der Waals surface area contributed by atoms with E-state index in [-0.39, 0.29) is 11.8 Å². The Morgan fingerprint density at radius 2 is 2.39 bits per heavy atom. The van der Waals surface area contributed by atoms with Gasteiger partial charge in [-0.15, -0.1) is 0 Å². The number of nitrogens with zero attached hydrogens (tertiary/aromatic N) is 1. The summed E-state index contributed by atoms with van der Waals surface area (Å²) in [6.07, 6.45) is 4.92. The second-order valence-corrected chi connectivity index (χ2v) is 5.02. The third kappa shape index (κ3) is 2.88. The predicted molar refractivity (Wildman–Crippen MR) is 70.7 cm³/mol. The minimum Gasteiger partial charge on any atom is -0.350 e. The van der Waals surface area contributed by atoms with Gasteiger partial charge >= 0.3 is 0 Å². The number of carbonyl (C=O) groups excluding carboxylic acids is 1. The van der Waals surface area contributed by atoms with Crippen LogP contribution in [0.15, 0.2) is 18.3 Å². The van der Waals surface area contributed by atoms with Gasteiger partial charge in [-0.3, -0.25) is 9.78 Å². The fourth-order valence-corrected chi connectivity index (χ4v) is 2.67. The van der Waals surface area contributed by atoms with Crippen LogP contribution in [0.4, 0.5) is 0 Å². The van der Waals surface area contributed by atoms with E-state index < -0.39 is 0 Å². The van der Waals surface area contributed by atoms with Crippen LogP contribution in [-0.4, -0.2) is 17.4 Å². The van der Waals surface area contributed by atoms with Gasteiger partial charge in [0.15, 0.2) is 0 Å². The summed E-state index contributed by atoms with van der Waals surface area (Å²) in [4.78, 5) is 16.4. The van der Waals surface area contributed by atoms with Crippen LogP contribution in [0.5, 0.6) is 0 Å². The second-order valence-electron chi connectivity index (χ2n) is 5.02. The summed E-state index contributed by atoms with van der Waals surface area (Å²) in [6, 6.07) is 3.91. The average molecular weight is 247 g/mol. The van der Waals surface area contributed by atoms with E-state index in [1.165, 1.54) is 0 Å². The molecule has 2 rings (SSSR count). The molecule has 4 heteroatoms. The highest BCUT2D eigenvalue weighted by molar-refractivity contribution is 5.79. The molecule has 18 heavy (non-hydrogen) atoms. The highest BCUT2D eigenvalue weighted by Gasteiger charge is 2.31. The summed E-state index contributed by atoms with van der Waals surface area (Å²) in [5.41, 5.74) is 7.75. The van der Waals surface area contributed by atoms with Crippen molar-refractivity contribution in [2.75, 3.05) is 6.54 Å². The number of nitrogens with one attached hydrogen (secondary N) is 1. The minimum absolute atomic E-state index is 0.0963. The molecular formula is C14H21N3O. The van der Waals surface area contributed by atoms with E-state index in [2.05, 4.69) is 10.3 Å². The van der Waals surface area contributed by atoms with Gasteiger partial charge in [0.05, 0.1) is 12.2 Å². The highest BCUT2D eigenvalue weighted by atomic mass is 16.1. The van der Waals surface area contributed by atoms with Gasteiger partial charge in [0.2, 0.25) is 5.91 Å². The van der Waals surface area contributed by atoms with Crippen molar-refractivity contribution < 1.29 is 4.79 Å². The SMILES string of the molecule is Cc1cccnc1CNC(=O)[C@@H]1CCC[C@@H]1CN. The van der Waals surface area contributed by atoms with Crippen molar-refractivity contribution in [2.24, 2.45) is 17.6 Å². The van der Waals surface area contributed by atoms with Gasteiger partial charge in [-0.2, -0.15) is 0 Å². The molecule has 0 aromatic carbocycles. The molecule has 1 saturated carbocycles. The van der Waals surface area contributed by atoms with E-state index in [1.807, 2.05) is 19.1 Å². The lowest BCUT2D eigenvalue weighted by molar-refractivity contribution is -0.126. The molecule has 0 saturated heterocycles. The molecule has 0 aliphatic heterocycles. The van der Waals surface area contributed by atoms with Gasteiger partial charge in [-0.25, -0.2) is 0 Å². The summed E-state index contributed by atoms with van der Waals surface area (Å²) in [7, 11) is 0. The van der Waals surface area contributed by atoms with Crippen LogP contribution in [0.25, 0.3) is 0 Å². The number of hydrogen-bond donors (Lipinski definition) is 2. The number of aromatic nitrogens is 1. The molecule has 1 heterocycles. The lowest BCUT2D eigenvalue weighted by Gasteiger charge is -2.17. The smallest absolute Gasteiger partial charge is 0.223 e. The molecule has 98 valence electrons. The lowest BCUT2D eigenvalue weighted by atomic mass is 9.95. The fourth-order valence-electron chi connectivity index (χ4n) is 2.67. The lowest BCUT2D eigenvalue weighted by Crippen LogP contribution is -2.35. The number of pyridine rings is 1. The first-order valence-corrected chi connectivity index (χ1v) is 6.60. The van der Waals surface area contributed by atoms with Crippen molar-refractivity contribution >= 4 is 5.91 Å². The molecule has 0 bridgehead atoms. The first-order chi connectivity index (χ1) is 8.72. The van der Waals surface area contributed by atoms with Gasteiger partial charge in [0.25, 0.3) is 0 Å². The van der Waals surface area contributed by atoms with Gasteiger partial charge in [0.1, 0.15) is 0 Å². The van der Waals surface area contributed by atoms with E-state index >= 15 is 0 Å². The summed E-state index contributed by atoms with van der Waals surface area (Å²) >= 11 is 0. The molecule has 2 atom stereocenters. The van der Waals surface area contributed by atoms with Crippen LogP contribution in [0.1, 0.15) is 30.5 Å². The summed E-state index contributed by atoms with van der Waals surface area (Å²) in [5.74, 6) is 0.585. The summed E-state index contributed by atoms with van der Waals surface area (Å²) in [5, 5.41) is 2.99. The van der Waals surface area contributed by atoms with Crippen LogP contribution in [-0.2, 0) is 11.3 Å². The molecular weight excluding hydrogens is 226 g/mol. The van der Waals surface area contributed by atoms with Gasteiger partial charge in [-0.05, 0) is 43.9 Å². The maximum atomic E-state index is 12.1. The first kappa shape index (κ1) is 13.0. The number of hydrogen-bond acceptors (Lipinski definition) is 3. The van der Waals surface area contributed by atoms with E-state index in [4.69, 9.17) is 5.73 Å². The summed E-state index contributed by atoms with van der Waals surface area (Å²) in [6.45, 7) is 3.13. The Labute approximate surface area is 108 Å². The molecule has 1 aromatic heterocycles. The van der Waals surface area contributed by atoms with Crippen molar-refractivity contribution in [1.29, 1.82) is 0 Å². The standard InChI is InChI=1S/C14H21N3O/c1-10-4-3-7-16-13(10)9-17-14(18)12-6-2-5-11(12)8-15/h3-4,7,11-12H,2,5-6,8-9,15H2,1H3,(H,17,18)/t11-,12-/m1/s1. The second kappa shape index (κ2) is 5.96. The molecule has 1 aliphatic rings. The molecule has 4 nitrogen and oxygen atoms in total. The van der Waals surface area contributed by atoms with Crippen LogP contribution in [0.2, 0.25) is 0 Å². The molecule has 1 fully saturated rings. The quantitative estimate of drug-likeness (QED) is 0.844. The van der Waals surface area contributed by atoms with E-state index in [0.717, 1.165) is 30.5 Å². The fraction of sp³-hybridized carbons (Fsp3) is 0.571. The van der Waals surface area contributed by atoms with Crippen molar-refractivity contribution in [3.05, 3.63) is 29.6 Å². The monoisotopic (exact) mass is 247 g/mol. The Kier molecular flexibility index (Phi) is 4.31. The summed E-state index contributed by atoms with van der Waals surface area (Å²) < 4.78 is 0. The molecule has 0 radical (unpaired) electrons. The number of amides is 1. The Balaban J connectivity index is 1.90.